The molecule has 3 N–H and O–H groups in total. The molecule has 0 aliphatic heterocycles. The van der Waals surface area contributed by atoms with Crippen LogP contribution in [-0.4, -0.2) is 22.6 Å². The number of nitrogens with zero attached hydrogens (tertiary/aromatic N) is 3. The number of hydrogen-bond acceptors (Lipinski definition) is 6. The van der Waals surface area contributed by atoms with E-state index in [9.17, 15) is 0 Å². The van der Waals surface area contributed by atoms with Gasteiger partial charge in [0.25, 0.3) is 0 Å². The standard InChI is InChI=1S/C13H19N5S/c1-8(2)7-18(9-3-4-9)11-10-5-6-19-12(10)16-13(15-11)17-14/h5-6,8-9H,3-4,7,14H2,1-2H3,(H,15,16,17). The number of nitrogens with two attached hydrogens (primary N) is 1. The van der Waals surface area contributed by atoms with Gasteiger partial charge in [-0.2, -0.15) is 4.98 Å². The molecule has 1 aliphatic carbocycles. The molecule has 5 nitrogen and oxygen atoms in total. The quantitative estimate of drug-likeness (QED) is 0.649. The van der Waals surface area contributed by atoms with Crippen LogP contribution < -0.4 is 16.2 Å². The summed E-state index contributed by atoms with van der Waals surface area (Å²) in [5.41, 5.74) is 2.57. The Bertz CT molecular complexity index is 575. The lowest BCUT2D eigenvalue weighted by atomic mass is 10.2. The molecule has 0 aromatic carbocycles. The van der Waals surface area contributed by atoms with E-state index in [1.165, 1.54) is 12.8 Å². The predicted octanol–water partition coefficient (Wildman–Crippen LogP) is 2.60. The van der Waals surface area contributed by atoms with Crippen molar-refractivity contribution in [1.29, 1.82) is 0 Å². The van der Waals surface area contributed by atoms with Crippen molar-refractivity contribution >= 4 is 33.3 Å². The number of thiophene rings is 1. The molecule has 0 amide bonds. The molecule has 3 rings (SSSR count). The summed E-state index contributed by atoms with van der Waals surface area (Å²) in [7, 11) is 0. The van der Waals surface area contributed by atoms with Gasteiger partial charge in [-0.1, -0.05) is 13.8 Å². The van der Waals surface area contributed by atoms with Gasteiger partial charge in [0.1, 0.15) is 10.6 Å². The van der Waals surface area contributed by atoms with Gasteiger partial charge >= 0.3 is 0 Å². The van der Waals surface area contributed by atoms with Crippen molar-refractivity contribution in [2.45, 2.75) is 32.7 Å². The van der Waals surface area contributed by atoms with Gasteiger partial charge in [0.05, 0.1) is 5.39 Å². The van der Waals surface area contributed by atoms with E-state index in [0.29, 0.717) is 17.9 Å². The summed E-state index contributed by atoms with van der Waals surface area (Å²) in [6, 6.07) is 2.73. The molecule has 0 spiro atoms. The van der Waals surface area contributed by atoms with Gasteiger partial charge in [0.15, 0.2) is 0 Å². The Balaban J connectivity index is 2.07. The Kier molecular flexibility index (Phi) is 3.28. The van der Waals surface area contributed by atoms with Crippen LogP contribution in [0.3, 0.4) is 0 Å². The first-order chi connectivity index (χ1) is 9.19. The second-order valence-electron chi connectivity index (χ2n) is 5.43. The summed E-state index contributed by atoms with van der Waals surface area (Å²) in [5, 5.41) is 3.19. The van der Waals surface area contributed by atoms with Gasteiger partial charge < -0.3 is 4.90 Å². The maximum atomic E-state index is 5.48. The van der Waals surface area contributed by atoms with Gasteiger partial charge in [-0.25, -0.2) is 10.8 Å². The topological polar surface area (TPSA) is 67.1 Å². The molecule has 0 saturated heterocycles. The Labute approximate surface area is 116 Å². The van der Waals surface area contributed by atoms with Gasteiger partial charge in [-0.3, -0.25) is 5.43 Å². The Morgan fingerprint density at radius 2 is 2.26 bits per heavy atom. The van der Waals surface area contributed by atoms with Crippen LogP contribution in [0.1, 0.15) is 26.7 Å². The SMILES string of the molecule is CC(C)CN(c1nc(NN)nc2sccc12)C1CC1. The summed E-state index contributed by atoms with van der Waals surface area (Å²) in [5.74, 6) is 7.62. The third kappa shape index (κ3) is 2.50. The summed E-state index contributed by atoms with van der Waals surface area (Å²) >= 11 is 1.63. The molecule has 2 aromatic heterocycles. The van der Waals surface area contributed by atoms with E-state index < -0.39 is 0 Å². The van der Waals surface area contributed by atoms with E-state index in [1.807, 2.05) is 0 Å². The Hall–Kier alpha value is -1.40. The monoisotopic (exact) mass is 277 g/mol. The van der Waals surface area contributed by atoms with Gasteiger partial charge in [-0.05, 0) is 30.2 Å². The zero-order chi connectivity index (χ0) is 13.4. The lowest BCUT2D eigenvalue weighted by molar-refractivity contribution is 0.604. The minimum Gasteiger partial charge on any atom is -0.353 e. The predicted molar refractivity (Wildman–Crippen MR) is 80.4 cm³/mol. The fourth-order valence-corrected chi connectivity index (χ4v) is 3.07. The molecular formula is C13H19N5S. The third-order valence-electron chi connectivity index (χ3n) is 3.26. The summed E-state index contributed by atoms with van der Waals surface area (Å²) in [6.07, 6.45) is 2.52. The second-order valence-corrected chi connectivity index (χ2v) is 6.33. The first-order valence-corrected chi connectivity index (χ1v) is 7.55. The van der Waals surface area contributed by atoms with E-state index in [1.54, 1.807) is 11.3 Å². The van der Waals surface area contributed by atoms with E-state index in [-0.39, 0.29) is 0 Å². The fraction of sp³-hybridized carbons (Fsp3) is 0.538. The van der Waals surface area contributed by atoms with Crippen LogP contribution in [0.25, 0.3) is 10.2 Å². The smallest absolute Gasteiger partial charge is 0.240 e. The van der Waals surface area contributed by atoms with Gasteiger partial charge in [-0.15, -0.1) is 11.3 Å². The zero-order valence-electron chi connectivity index (χ0n) is 11.3. The van der Waals surface area contributed by atoms with E-state index in [4.69, 9.17) is 5.84 Å². The number of nitrogens with one attached hydrogen (secondary N) is 1. The minimum atomic E-state index is 0.499. The fourth-order valence-electron chi connectivity index (χ4n) is 2.31. The lowest BCUT2D eigenvalue weighted by Crippen LogP contribution is -2.31. The highest BCUT2D eigenvalue weighted by Crippen LogP contribution is 2.36. The third-order valence-corrected chi connectivity index (χ3v) is 4.06. The van der Waals surface area contributed by atoms with Crippen molar-refractivity contribution in [3.05, 3.63) is 11.4 Å². The number of hydrogen-bond donors (Lipinski definition) is 2. The zero-order valence-corrected chi connectivity index (χ0v) is 12.1. The van der Waals surface area contributed by atoms with Gasteiger partial charge in [0, 0.05) is 12.6 Å². The molecule has 19 heavy (non-hydrogen) atoms. The number of fused-ring (bicyclic) bond motifs is 1. The summed E-state index contributed by atoms with van der Waals surface area (Å²) in [4.78, 5) is 12.4. The van der Waals surface area contributed by atoms with E-state index in [0.717, 1.165) is 22.6 Å². The normalized spacial score (nSPS) is 15.2. The average molecular weight is 277 g/mol. The minimum absolute atomic E-state index is 0.499. The number of anilines is 2. The van der Waals surface area contributed by atoms with Crippen LogP contribution in [0.15, 0.2) is 11.4 Å². The molecular weight excluding hydrogens is 258 g/mol. The summed E-state index contributed by atoms with van der Waals surface area (Å²) in [6.45, 7) is 5.50. The van der Waals surface area contributed by atoms with Crippen LogP contribution in [0.2, 0.25) is 0 Å². The highest BCUT2D eigenvalue weighted by atomic mass is 32.1. The van der Waals surface area contributed by atoms with Crippen LogP contribution in [0.5, 0.6) is 0 Å². The molecule has 0 unspecified atom stereocenters. The highest BCUT2D eigenvalue weighted by Gasteiger charge is 2.31. The van der Waals surface area contributed by atoms with Crippen molar-refractivity contribution < 1.29 is 0 Å². The maximum Gasteiger partial charge on any atom is 0.240 e. The van der Waals surface area contributed by atoms with Crippen LogP contribution in [0, 0.1) is 5.92 Å². The van der Waals surface area contributed by atoms with Crippen molar-refractivity contribution in [1.82, 2.24) is 9.97 Å². The molecule has 1 saturated carbocycles. The molecule has 1 fully saturated rings. The molecule has 2 aromatic rings. The first-order valence-electron chi connectivity index (χ1n) is 6.67. The number of aromatic nitrogens is 2. The molecule has 0 atom stereocenters. The van der Waals surface area contributed by atoms with E-state index in [2.05, 4.69) is 45.6 Å². The first kappa shape index (κ1) is 12.6. The van der Waals surface area contributed by atoms with Crippen LogP contribution >= 0.6 is 11.3 Å². The average Bonchev–Trinajstić information content (AvgIpc) is 3.12. The molecule has 2 heterocycles. The maximum absolute atomic E-state index is 5.48. The molecule has 102 valence electrons. The number of nitrogen functional groups attached to an aromatic ring is 1. The molecule has 6 heteroatoms. The Morgan fingerprint density at radius 1 is 1.47 bits per heavy atom. The second kappa shape index (κ2) is 4.94. The molecule has 1 aliphatic rings. The van der Waals surface area contributed by atoms with Crippen molar-refractivity contribution in [3.63, 3.8) is 0 Å². The van der Waals surface area contributed by atoms with Crippen LogP contribution in [0.4, 0.5) is 11.8 Å². The molecule has 0 bridgehead atoms. The largest absolute Gasteiger partial charge is 0.353 e. The van der Waals surface area contributed by atoms with Crippen molar-refractivity contribution in [2.24, 2.45) is 11.8 Å². The molecule has 0 radical (unpaired) electrons. The Morgan fingerprint density at radius 3 is 2.89 bits per heavy atom. The lowest BCUT2D eigenvalue weighted by Gasteiger charge is -2.26. The highest BCUT2D eigenvalue weighted by molar-refractivity contribution is 7.16. The van der Waals surface area contributed by atoms with Crippen molar-refractivity contribution in [3.8, 4) is 0 Å². The van der Waals surface area contributed by atoms with Crippen LogP contribution in [-0.2, 0) is 0 Å². The summed E-state index contributed by atoms with van der Waals surface area (Å²) < 4.78 is 0. The number of hydrazine groups is 1. The van der Waals surface area contributed by atoms with Gasteiger partial charge in [0.2, 0.25) is 5.95 Å². The van der Waals surface area contributed by atoms with E-state index >= 15 is 0 Å². The van der Waals surface area contributed by atoms with Crippen molar-refractivity contribution in [2.75, 3.05) is 16.9 Å². The number of rotatable bonds is 5.